The van der Waals surface area contributed by atoms with Crippen LogP contribution in [0.3, 0.4) is 0 Å². The van der Waals surface area contributed by atoms with Gasteiger partial charge in [0.2, 0.25) is 11.8 Å². The Labute approximate surface area is 203 Å². The third-order valence-corrected chi connectivity index (χ3v) is 6.72. The lowest BCUT2D eigenvalue weighted by Crippen LogP contribution is -2.14. The number of nitrogens with one attached hydrogen (secondary N) is 2. The standard InChI is InChI=1S/C22H15ClFN7O3S/c1-34-22-18(31-35(32,33)14-3-2-4-25-10-14)6-13(9-28-22)12-5-16-20(29-30-21(16)27-8-12)15-7-19(24)26-11-17(15)23/h2-11,31H,1H3,(H,27,29,30). The molecular weight excluding hydrogens is 497 g/mol. The first-order chi connectivity index (χ1) is 16.9. The van der Waals surface area contributed by atoms with Crippen LogP contribution in [0.15, 0.2) is 66.2 Å². The van der Waals surface area contributed by atoms with Gasteiger partial charge in [0.05, 0.1) is 17.8 Å². The third-order valence-electron chi connectivity index (χ3n) is 5.07. The van der Waals surface area contributed by atoms with Gasteiger partial charge in [0, 0.05) is 59.1 Å². The predicted octanol–water partition coefficient (Wildman–Crippen LogP) is 4.08. The molecule has 0 spiro atoms. The van der Waals surface area contributed by atoms with Crippen LogP contribution in [0.4, 0.5) is 10.1 Å². The van der Waals surface area contributed by atoms with Crippen LogP contribution in [0.1, 0.15) is 0 Å². The number of H-pyrrole nitrogens is 1. The van der Waals surface area contributed by atoms with E-state index in [0.717, 1.165) is 0 Å². The fraction of sp³-hybridized carbons (Fsp3) is 0.0455. The minimum atomic E-state index is -3.94. The summed E-state index contributed by atoms with van der Waals surface area (Å²) in [7, 11) is -2.56. The molecule has 0 aliphatic rings. The predicted molar refractivity (Wildman–Crippen MR) is 127 cm³/mol. The highest BCUT2D eigenvalue weighted by molar-refractivity contribution is 7.92. The normalized spacial score (nSPS) is 11.5. The van der Waals surface area contributed by atoms with Gasteiger partial charge in [-0.1, -0.05) is 11.6 Å². The maximum Gasteiger partial charge on any atom is 0.263 e. The zero-order chi connectivity index (χ0) is 24.6. The first-order valence-corrected chi connectivity index (χ1v) is 11.8. The number of ether oxygens (including phenoxy) is 1. The molecule has 0 saturated carbocycles. The highest BCUT2D eigenvalue weighted by Gasteiger charge is 2.19. The van der Waals surface area contributed by atoms with Gasteiger partial charge in [-0.05, 0) is 24.3 Å². The minimum Gasteiger partial charge on any atom is -0.480 e. The fourth-order valence-corrected chi connectivity index (χ4v) is 4.63. The number of aromatic amines is 1. The fourth-order valence-electron chi connectivity index (χ4n) is 3.42. The van der Waals surface area contributed by atoms with Gasteiger partial charge in [0.15, 0.2) is 5.65 Å². The number of hydrogen-bond donors (Lipinski definition) is 2. The summed E-state index contributed by atoms with van der Waals surface area (Å²) >= 11 is 6.22. The number of anilines is 1. The van der Waals surface area contributed by atoms with Crippen LogP contribution in [-0.2, 0) is 10.0 Å². The van der Waals surface area contributed by atoms with E-state index in [2.05, 4.69) is 34.9 Å². The van der Waals surface area contributed by atoms with Crippen LogP contribution < -0.4 is 9.46 Å². The summed E-state index contributed by atoms with van der Waals surface area (Å²) < 4.78 is 47.1. The second kappa shape index (κ2) is 8.89. The van der Waals surface area contributed by atoms with E-state index in [1.807, 2.05) is 0 Å². The molecule has 5 heterocycles. The van der Waals surface area contributed by atoms with Crippen LogP contribution >= 0.6 is 11.6 Å². The van der Waals surface area contributed by atoms with Crippen LogP contribution in [0.5, 0.6) is 5.88 Å². The Morgan fingerprint density at radius 2 is 1.86 bits per heavy atom. The van der Waals surface area contributed by atoms with Gasteiger partial charge in [-0.25, -0.2) is 23.4 Å². The van der Waals surface area contributed by atoms with E-state index in [9.17, 15) is 12.8 Å². The smallest absolute Gasteiger partial charge is 0.263 e. The summed E-state index contributed by atoms with van der Waals surface area (Å²) in [5.74, 6) is -0.612. The largest absolute Gasteiger partial charge is 0.480 e. The summed E-state index contributed by atoms with van der Waals surface area (Å²) in [6.45, 7) is 0. The van der Waals surface area contributed by atoms with Crippen molar-refractivity contribution >= 4 is 38.3 Å². The third kappa shape index (κ3) is 4.36. The molecule has 10 nitrogen and oxygen atoms in total. The molecule has 2 N–H and O–H groups in total. The van der Waals surface area contributed by atoms with Crippen LogP contribution in [0.2, 0.25) is 5.02 Å². The van der Waals surface area contributed by atoms with Crippen LogP contribution in [-0.4, -0.2) is 45.7 Å². The maximum absolute atomic E-state index is 13.8. The number of hydrogen-bond acceptors (Lipinski definition) is 8. The average molecular weight is 512 g/mol. The first-order valence-electron chi connectivity index (χ1n) is 9.98. The van der Waals surface area contributed by atoms with Crippen molar-refractivity contribution in [2.45, 2.75) is 4.90 Å². The van der Waals surface area contributed by atoms with Gasteiger partial charge in [-0.3, -0.25) is 14.8 Å². The molecule has 13 heteroatoms. The van der Waals surface area contributed by atoms with Crippen LogP contribution in [0, 0.1) is 5.95 Å². The Kier molecular flexibility index (Phi) is 5.75. The molecular formula is C22H15ClFN7O3S. The molecule has 0 radical (unpaired) electrons. The first kappa shape index (κ1) is 22.6. The molecule has 0 unspecified atom stereocenters. The molecule has 0 aromatic carbocycles. The van der Waals surface area contributed by atoms with E-state index in [4.69, 9.17) is 16.3 Å². The van der Waals surface area contributed by atoms with E-state index in [-0.39, 0.29) is 21.5 Å². The summed E-state index contributed by atoms with van der Waals surface area (Å²) in [6, 6.07) is 7.47. The Morgan fingerprint density at radius 3 is 2.63 bits per heavy atom. The highest BCUT2D eigenvalue weighted by Crippen LogP contribution is 2.35. The minimum absolute atomic E-state index is 0.0138. The van der Waals surface area contributed by atoms with Crippen molar-refractivity contribution in [1.82, 2.24) is 30.1 Å². The van der Waals surface area contributed by atoms with Gasteiger partial charge in [-0.2, -0.15) is 9.49 Å². The number of nitrogens with zero attached hydrogens (tertiary/aromatic N) is 5. The summed E-state index contributed by atoms with van der Waals surface area (Å²) in [5.41, 5.74) is 2.49. The van der Waals surface area contributed by atoms with Gasteiger partial charge in [0.25, 0.3) is 10.0 Å². The Bertz CT molecular complexity index is 1660. The molecule has 0 fully saturated rings. The molecule has 0 amide bonds. The summed E-state index contributed by atoms with van der Waals surface area (Å²) in [6.07, 6.45) is 7.00. The molecule has 176 valence electrons. The molecule has 5 aromatic heterocycles. The van der Waals surface area contributed by atoms with Crippen molar-refractivity contribution in [2.75, 3.05) is 11.8 Å². The van der Waals surface area contributed by atoms with E-state index in [1.54, 1.807) is 18.3 Å². The highest BCUT2D eigenvalue weighted by atomic mass is 35.5. The Balaban J connectivity index is 1.58. The molecule has 0 aliphatic carbocycles. The van der Waals surface area contributed by atoms with E-state index in [1.165, 1.54) is 50.1 Å². The molecule has 35 heavy (non-hydrogen) atoms. The van der Waals surface area contributed by atoms with Gasteiger partial charge >= 0.3 is 0 Å². The monoisotopic (exact) mass is 511 g/mol. The average Bonchev–Trinajstić information content (AvgIpc) is 3.29. The van der Waals surface area contributed by atoms with Gasteiger partial charge < -0.3 is 4.74 Å². The summed E-state index contributed by atoms with van der Waals surface area (Å²) in [5, 5.41) is 7.80. The second-order valence-electron chi connectivity index (χ2n) is 7.26. The van der Waals surface area contributed by atoms with E-state index < -0.39 is 16.0 Å². The van der Waals surface area contributed by atoms with E-state index >= 15 is 0 Å². The van der Waals surface area contributed by atoms with Gasteiger partial charge in [-0.15, -0.1) is 0 Å². The quantitative estimate of drug-likeness (QED) is 0.325. The van der Waals surface area contributed by atoms with Gasteiger partial charge in [0.1, 0.15) is 10.6 Å². The van der Waals surface area contributed by atoms with E-state index in [0.29, 0.717) is 33.4 Å². The molecule has 0 bridgehead atoms. The lowest BCUT2D eigenvalue weighted by atomic mass is 10.1. The Hall–Kier alpha value is -4.16. The zero-order valence-corrected chi connectivity index (χ0v) is 19.5. The molecule has 0 aliphatic heterocycles. The Morgan fingerprint density at radius 1 is 1.06 bits per heavy atom. The van der Waals surface area contributed by atoms with Crippen molar-refractivity contribution < 1.29 is 17.5 Å². The zero-order valence-electron chi connectivity index (χ0n) is 17.9. The maximum atomic E-state index is 13.8. The number of pyridine rings is 4. The molecule has 0 atom stereocenters. The number of fused-ring (bicyclic) bond motifs is 1. The van der Waals surface area contributed by atoms with Crippen molar-refractivity contribution in [3.63, 3.8) is 0 Å². The SMILES string of the molecule is COc1ncc(-c2cnc3n[nH]c(-c4cc(F)ncc4Cl)c3c2)cc1NS(=O)(=O)c1cccnc1. The second-order valence-corrected chi connectivity index (χ2v) is 9.35. The number of methoxy groups -OCH3 is 1. The molecule has 5 aromatic rings. The lowest BCUT2D eigenvalue weighted by molar-refractivity contribution is 0.400. The number of sulfonamides is 1. The van der Waals surface area contributed by atoms with Crippen molar-refractivity contribution in [3.8, 4) is 28.3 Å². The van der Waals surface area contributed by atoms with Crippen LogP contribution in [0.25, 0.3) is 33.4 Å². The molecule has 5 rings (SSSR count). The lowest BCUT2D eigenvalue weighted by Gasteiger charge is -2.12. The number of rotatable bonds is 6. The van der Waals surface area contributed by atoms with Crippen molar-refractivity contribution in [3.05, 3.63) is 72.3 Å². The molecule has 0 saturated heterocycles. The van der Waals surface area contributed by atoms with Crippen molar-refractivity contribution in [1.29, 1.82) is 0 Å². The topological polar surface area (TPSA) is 136 Å². The van der Waals surface area contributed by atoms with Crippen molar-refractivity contribution in [2.24, 2.45) is 0 Å². The number of halogens is 2. The summed E-state index contributed by atoms with van der Waals surface area (Å²) in [4.78, 5) is 16.0. The number of aromatic nitrogens is 6.